The van der Waals surface area contributed by atoms with Crippen LogP contribution >= 0.6 is 0 Å². The molecule has 8 nitrogen and oxygen atoms in total. The quantitative estimate of drug-likeness (QED) is 0.867. The first-order valence-electron chi connectivity index (χ1n) is 8.85. The standard InChI is InChI=1S/C17H26N6O2/c1-10(2)15-19-16(25-22-15)11(3)18-17(24)23(4)9-14-12-7-5-6-8-13(12)20-21-14/h10-11H,5-9H2,1-4H3,(H,18,24)(H,20,21)/t11-/m1/s1. The van der Waals surface area contributed by atoms with E-state index in [9.17, 15) is 4.79 Å². The number of carbonyl (C=O) groups excluding carboxylic acids is 1. The molecule has 3 rings (SSSR count). The van der Waals surface area contributed by atoms with Gasteiger partial charge in [-0.2, -0.15) is 10.1 Å². The Balaban J connectivity index is 1.59. The molecule has 2 amide bonds. The average molecular weight is 346 g/mol. The van der Waals surface area contributed by atoms with Gasteiger partial charge in [-0.15, -0.1) is 0 Å². The molecular weight excluding hydrogens is 320 g/mol. The molecule has 0 spiro atoms. The van der Waals surface area contributed by atoms with Crippen LogP contribution in [0.3, 0.4) is 0 Å². The number of rotatable bonds is 5. The van der Waals surface area contributed by atoms with Gasteiger partial charge in [0.15, 0.2) is 5.82 Å². The first kappa shape index (κ1) is 17.4. The number of urea groups is 1. The molecule has 0 unspecified atom stereocenters. The van der Waals surface area contributed by atoms with Gasteiger partial charge >= 0.3 is 6.03 Å². The van der Waals surface area contributed by atoms with Gasteiger partial charge in [0.1, 0.15) is 6.04 Å². The molecule has 0 bridgehead atoms. The van der Waals surface area contributed by atoms with E-state index in [0.29, 0.717) is 18.3 Å². The molecule has 0 aromatic carbocycles. The van der Waals surface area contributed by atoms with Crippen molar-refractivity contribution < 1.29 is 9.32 Å². The molecule has 136 valence electrons. The second-order valence-electron chi connectivity index (χ2n) is 7.01. The molecule has 2 aromatic rings. The number of carbonyl (C=O) groups is 1. The summed E-state index contributed by atoms with van der Waals surface area (Å²) in [5.74, 6) is 1.25. The fourth-order valence-electron chi connectivity index (χ4n) is 2.99. The SMILES string of the molecule is CC(C)c1noc([C@@H](C)NC(=O)N(C)Cc2n[nH]c3c2CCCC3)n1. The van der Waals surface area contributed by atoms with Crippen molar-refractivity contribution in [1.29, 1.82) is 0 Å². The van der Waals surface area contributed by atoms with Crippen molar-refractivity contribution in [2.24, 2.45) is 0 Å². The number of nitrogens with zero attached hydrogens (tertiary/aromatic N) is 4. The zero-order chi connectivity index (χ0) is 18.0. The van der Waals surface area contributed by atoms with Gasteiger partial charge in [0.05, 0.1) is 12.2 Å². The maximum absolute atomic E-state index is 12.4. The number of nitrogens with one attached hydrogen (secondary N) is 2. The van der Waals surface area contributed by atoms with Crippen molar-refractivity contribution in [1.82, 2.24) is 30.6 Å². The molecule has 2 heterocycles. The summed E-state index contributed by atoms with van der Waals surface area (Å²) in [6.45, 7) is 6.30. The molecule has 0 radical (unpaired) electrons. The van der Waals surface area contributed by atoms with Gasteiger partial charge in [-0.05, 0) is 38.2 Å². The predicted octanol–water partition coefficient (Wildman–Crippen LogP) is 2.70. The summed E-state index contributed by atoms with van der Waals surface area (Å²) in [6.07, 6.45) is 4.46. The Hall–Kier alpha value is -2.38. The van der Waals surface area contributed by atoms with Crippen molar-refractivity contribution in [3.8, 4) is 0 Å². The first-order chi connectivity index (χ1) is 12.0. The number of fused-ring (bicyclic) bond motifs is 1. The van der Waals surface area contributed by atoms with E-state index in [1.54, 1.807) is 11.9 Å². The second kappa shape index (κ2) is 7.25. The van der Waals surface area contributed by atoms with E-state index in [4.69, 9.17) is 4.52 Å². The summed E-state index contributed by atoms with van der Waals surface area (Å²) in [6, 6.07) is -0.535. The molecule has 0 aliphatic heterocycles. The Kier molecular flexibility index (Phi) is 5.06. The highest BCUT2D eigenvalue weighted by molar-refractivity contribution is 5.74. The third-order valence-electron chi connectivity index (χ3n) is 4.56. The summed E-state index contributed by atoms with van der Waals surface area (Å²) in [5, 5.41) is 14.3. The maximum atomic E-state index is 12.4. The average Bonchev–Trinajstić information content (AvgIpc) is 3.22. The molecule has 25 heavy (non-hydrogen) atoms. The van der Waals surface area contributed by atoms with Crippen LogP contribution in [0.2, 0.25) is 0 Å². The number of aromatic nitrogens is 4. The molecule has 2 N–H and O–H groups in total. The largest absolute Gasteiger partial charge is 0.337 e. The normalized spacial score (nSPS) is 15.1. The van der Waals surface area contributed by atoms with Crippen LogP contribution in [0.5, 0.6) is 0 Å². The van der Waals surface area contributed by atoms with Crippen molar-refractivity contribution in [2.75, 3.05) is 7.05 Å². The van der Waals surface area contributed by atoms with Gasteiger partial charge in [-0.25, -0.2) is 4.79 Å². The molecule has 1 aliphatic carbocycles. The van der Waals surface area contributed by atoms with E-state index >= 15 is 0 Å². The minimum Gasteiger partial charge on any atom is -0.337 e. The zero-order valence-electron chi connectivity index (χ0n) is 15.3. The lowest BCUT2D eigenvalue weighted by Crippen LogP contribution is -2.38. The maximum Gasteiger partial charge on any atom is 0.318 e. The highest BCUT2D eigenvalue weighted by Gasteiger charge is 2.22. The Bertz CT molecular complexity index is 735. The summed E-state index contributed by atoms with van der Waals surface area (Å²) in [4.78, 5) is 18.4. The van der Waals surface area contributed by atoms with Crippen LogP contribution in [-0.2, 0) is 19.4 Å². The number of amides is 2. The van der Waals surface area contributed by atoms with Crippen molar-refractivity contribution >= 4 is 6.03 Å². The molecule has 0 fully saturated rings. The third kappa shape index (κ3) is 3.83. The lowest BCUT2D eigenvalue weighted by molar-refractivity contribution is 0.199. The van der Waals surface area contributed by atoms with Gasteiger partial charge in [0.2, 0.25) is 5.89 Å². The van der Waals surface area contributed by atoms with Crippen LogP contribution in [0.15, 0.2) is 4.52 Å². The predicted molar refractivity (Wildman–Crippen MR) is 92.0 cm³/mol. The molecule has 0 saturated heterocycles. The molecule has 1 atom stereocenters. The van der Waals surface area contributed by atoms with Crippen molar-refractivity contribution in [3.63, 3.8) is 0 Å². The summed E-state index contributed by atoms with van der Waals surface area (Å²) >= 11 is 0. The van der Waals surface area contributed by atoms with E-state index in [0.717, 1.165) is 18.5 Å². The minimum absolute atomic E-state index is 0.189. The number of aromatic amines is 1. The second-order valence-corrected chi connectivity index (χ2v) is 7.01. The first-order valence-corrected chi connectivity index (χ1v) is 8.85. The van der Waals surface area contributed by atoms with Crippen molar-refractivity contribution in [2.45, 2.75) is 65.0 Å². The van der Waals surface area contributed by atoms with Crippen LogP contribution in [0.1, 0.15) is 74.2 Å². The van der Waals surface area contributed by atoms with Gasteiger partial charge in [-0.3, -0.25) is 5.10 Å². The van der Waals surface area contributed by atoms with E-state index in [1.165, 1.54) is 24.1 Å². The van der Waals surface area contributed by atoms with Gasteiger partial charge in [0, 0.05) is 18.7 Å². The smallest absolute Gasteiger partial charge is 0.318 e. The van der Waals surface area contributed by atoms with E-state index in [1.807, 2.05) is 20.8 Å². The van der Waals surface area contributed by atoms with Crippen LogP contribution < -0.4 is 5.32 Å². The Morgan fingerprint density at radius 2 is 2.08 bits per heavy atom. The summed E-state index contributed by atoms with van der Waals surface area (Å²) in [5.41, 5.74) is 3.45. The Morgan fingerprint density at radius 1 is 1.32 bits per heavy atom. The minimum atomic E-state index is -0.344. The van der Waals surface area contributed by atoms with Crippen LogP contribution in [0.25, 0.3) is 0 Å². The molecule has 0 saturated carbocycles. The Morgan fingerprint density at radius 3 is 2.80 bits per heavy atom. The van der Waals surface area contributed by atoms with Crippen LogP contribution in [0, 0.1) is 0 Å². The lowest BCUT2D eigenvalue weighted by atomic mass is 9.96. The van der Waals surface area contributed by atoms with Crippen molar-refractivity contribution in [3.05, 3.63) is 28.7 Å². The Labute approximate surface area is 147 Å². The summed E-state index contributed by atoms with van der Waals surface area (Å²) < 4.78 is 5.24. The summed E-state index contributed by atoms with van der Waals surface area (Å²) in [7, 11) is 1.76. The lowest BCUT2D eigenvalue weighted by Gasteiger charge is -2.20. The van der Waals surface area contributed by atoms with Gasteiger partial charge in [0.25, 0.3) is 0 Å². The highest BCUT2D eigenvalue weighted by Crippen LogP contribution is 2.23. The third-order valence-corrected chi connectivity index (χ3v) is 4.56. The fraction of sp³-hybridized carbons (Fsp3) is 0.647. The van der Waals surface area contributed by atoms with E-state index in [2.05, 4.69) is 25.7 Å². The number of aryl methyl sites for hydroxylation is 1. The topological polar surface area (TPSA) is 99.9 Å². The van der Waals surface area contributed by atoms with Gasteiger partial charge in [-0.1, -0.05) is 19.0 Å². The van der Waals surface area contributed by atoms with Crippen LogP contribution in [-0.4, -0.2) is 38.3 Å². The number of H-pyrrole nitrogens is 1. The monoisotopic (exact) mass is 346 g/mol. The zero-order valence-corrected chi connectivity index (χ0v) is 15.3. The van der Waals surface area contributed by atoms with Gasteiger partial charge < -0.3 is 14.7 Å². The molecular formula is C17H26N6O2. The fourth-order valence-corrected chi connectivity index (χ4v) is 2.99. The highest BCUT2D eigenvalue weighted by atomic mass is 16.5. The molecule has 2 aromatic heterocycles. The van der Waals surface area contributed by atoms with E-state index in [-0.39, 0.29) is 18.0 Å². The van der Waals surface area contributed by atoms with Crippen LogP contribution in [0.4, 0.5) is 4.79 Å². The molecule has 1 aliphatic rings. The van der Waals surface area contributed by atoms with E-state index < -0.39 is 0 Å². The molecule has 8 heteroatoms. The number of hydrogen-bond donors (Lipinski definition) is 2. The number of hydrogen-bond acceptors (Lipinski definition) is 5.